The van der Waals surface area contributed by atoms with Crippen LogP contribution in [0.1, 0.15) is 26.3 Å². The minimum absolute atomic E-state index is 0.126. The molecular formula is C29H24N2S. The van der Waals surface area contributed by atoms with E-state index in [-0.39, 0.29) is 5.41 Å². The lowest BCUT2D eigenvalue weighted by Crippen LogP contribution is -2.11. The molecule has 0 spiro atoms. The molecule has 2 nitrogen and oxygen atoms in total. The Morgan fingerprint density at radius 2 is 1.44 bits per heavy atom. The molecule has 2 aromatic heterocycles. The average Bonchev–Trinajstić information content (AvgIpc) is 3.37. The van der Waals surface area contributed by atoms with Crippen molar-refractivity contribution >= 4 is 42.5 Å². The summed E-state index contributed by atoms with van der Waals surface area (Å²) in [6.45, 7) is 6.76. The van der Waals surface area contributed by atoms with Crippen LogP contribution in [0.5, 0.6) is 0 Å². The normalized spacial score (nSPS) is 12.2. The maximum Gasteiger partial charge on any atom is 0.147 e. The highest BCUT2D eigenvalue weighted by molar-refractivity contribution is 7.26. The maximum atomic E-state index is 5.12. The maximum absolute atomic E-state index is 5.12. The molecule has 0 atom stereocenters. The van der Waals surface area contributed by atoms with Gasteiger partial charge in [-0.1, -0.05) is 75.4 Å². The van der Waals surface area contributed by atoms with Gasteiger partial charge in [0.2, 0.25) is 0 Å². The predicted molar refractivity (Wildman–Crippen MR) is 138 cm³/mol. The van der Waals surface area contributed by atoms with Gasteiger partial charge in [-0.25, -0.2) is 4.98 Å². The second-order valence-corrected chi connectivity index (χ2v) is 10.4. The van der Waals surface area contributed by atoms with E-state index in [2.05, 4.69) is 116 Å². The first-order valence-electron chi connectivity index (χ1n) is 11.0. The number of imidazole rings is 1. The fraction of sp³-hybridized carbons (Fsp3) is 0.138. The van der Waals surface area contributed by atoms with Gasteiger partial charge in [0.15, 0.2) is 0 Å². The minimum atomic E-state index is 0.126. The van der Waals surface area contributed by atoms with Crippen LogP contribution in [-0.4, -0.2) is 9.55 Å². The van der Waals surface area contributed by atoms with Gasteiger partial charge in [-0.05, 0) is 47.4 Å². The van der Waals surface area contributed by atoms with E-state index in [1.165, 1.54) is 31.3 Å². The van der Waals surface area contributed by atoms with Crippen molar-refractivity contribution in [1.82, 2.24) is 9.55 Å². The van der Waals surface area contributed by atoms with Crippen molar-refractivity contribution in [1.29, 1.82) is 0 Å². The molecule has 2 heterocycles. The summed E-state index contributed by atoms with van der Waals surface area (Å²) in [5.41, 5.74) is 5.92. The van der Waals surface area contributed by atoms with Crippen LogP contribution in [0.3, 0.4) is 0 Å². The molecule has 0 saturated heterocycles. The molecule has 0 fully saturated rings. The molecule has 0 saturated carbocycles. The van der Waals surface area contributed by atoms with E-state index in [9.17, 15) is 0 Å². The second-order valence-electron chi connectivity index (χ2n) is 9.34. The van der Waals surface area contributed by atoms with E-state index in [1.807, 2.05) is 11.3 Å². The molecule has 6 aromatic rings. The molecule has 4 aromatic carbocycles. The van der Waals surface area contributed by atoms with Crippen molar-refractivity contribution in [2.45, 2.75) is 26.2 Å². The first-order valence-corrected chi connectivity index (χ1v) is 11.8. The third kappa shape index (κ3) is 2.96. The van der Waals surface area contributed by atoms with Crippen molar-refractivity contribution in [2.24, 2.45) is 0 Å². The summed E-state index contributed by atoms with van der Waals surface area (Å²) in [6.07, 6.45) is 0. The summed E-state index contributed by atoms with van der Waals surface area (Å²) < 4.78 is 4.91. The van der Waals surface area contributed by atoms with E-state index in [0.717, 1.165) is 22.5 Å². The van der Waals surface area contributed by atoms with Crippen LogP contribution < -0.4 is 0 Å². The fourth-order valence-electron chi connectivity index (χ4n) is 4.50. The Hall–Kier alpha value is -3.43. The smallest absolute Gasteiger partial charge is 0.147 e. The third-order valence-corrected chi connectivity index (χ3v) is 7.42. The SMILES string of the molecule is CC(C)(C)c1ccc(-n2c(-c3cccc4c3sc3ccccc34)nc3ccccc32)cc1. The predicted octanol–water partition coefficient (Wildman–Crippen LogP) is 8.36. The van der Waals surface area contributed by atoms with Crippen molar-refractivity contribution in [3.63, 3.8) is 0 Å². The Bertz CT molecular complexity index is 1590. The molecule has 0 amide bonds. The lowest BCUT2D eigenvalue weighted by molar-refractivity contribution is 0.590. The number of benzene rings is 4. The Kier molecular flexibility index (Phi) is 4.24. The van der Waals surface area contributed by atoms with E-state index in [4.69, 9.17) is 4.98 Å². The van der Waals surface area contributed by atoms with Crippen LogP contribution in [0.4, 0.5) is 0 Å². The molecule has 32 heavy (non-hydrogen) atoms. The van der Waals surface area contributed by atoms with Crippen LogP contribution in [0.2, 0.25) is 0 Å². The molecule has 0 aliphatic heterocycles. The molecule has 0 unspecified atom stereocenters. The highest BCUT2D eigenvalue weighted by Crippen LogP contribution is 2.41. The Morgan fingerprint density at radius 3 is 2.25 bits per heavy atom. The number of hydrogen-bond donors (Lipinski definition) is 0. The van der Waals surface area contributed by atoms with Gasteiger partial charge in [0.25, 0.3) is 0 Å². The minimum Gasteiger partial charge on any atom is -0.292 e. The number of thiophene rings is 1. The summed E-state index contributed by atoms with van der Waals surface area (Å²) in [5.74, 6) is 0.992. The van der Waals surface area contributed by atoms with Crippen molar-refractivity contribution in [3.8, 4) is 17.1 Å². The zero-order chi connectivity index (χ0) is 21.9. The zero-order valence-corrected chi connectivity index (χ0v) is 19.3. The van der Waals surface area contributed by atoms with Crippen molar-refractivity contribution < 1.29 is 0 Å². The van der Waals surface area contributed by atoms with Gasteiger partial charge < -0.3 is 0 Å². The van der Waals surface area contributed by atoms with Crippen molar-refractivity contribution in [2.75, 3.05) is 0 Å². The molecule has 6 rings (SSSR count). The average molecular weight is 433 g/mol. The van der Waals surface area contributed by atoms with E-state index in [1.54, 1.807) is 0 Å². The summed E-state index contributed by atoms with van der Waals surface area (Å²) in [6, 6.07) is 32.6. The second kappa shape index (κ2) is 7.04. The lowest BCUT2D eigenvalue weighted by Gasteiger charge is -2.19. The molecule has 3 heteroatoms. The largest absolute Gasteiger partial charge is 0.292 e. The standard InChI is InChI=1S/C29H24N2S/c1-29(2,3)19-15-17-20(18-16-19)31-25-13-6-5-12-24(25)30-28(31)23-11-8-10-22-21-9-4-7-14-26(21)32-27(22)23/h4-18H,1-3H3. The summed E-state index contributed by atoms with van der Waals surface area (Å²) in [4.78, 5) is 5.12. The van der Waals surface area contributed by atoms with Gasteiger partial charge in [0.05, 0.1) is 11.0 Å². The summed E-state index contributed by atoms with van der Waals surface area (Å²) in [5, 5.41) is 2.61. The number of para-hydroxylation sites is 2. The highest BCUT2D eigenvalue weighted by atomic mass is 32.1. The highest BCUT2D eigenvalue weighted by Gasteiger charge is 2.19. The molecule has 0 N–H and O–H groups in total. The van der Waals surface area contributed by atoms with Crippen LogP contribution >= 0.6 is 11.3 Å². The first kappa shape index (κ1) is 19.3. The molecule has 0 aliphatic rings. The summed E-state index contributed by atoms with van der Waals surface area (Å²) in [7, 11) is 0. The topological polar surface area (TPSA) is 17.8 Å². The molecule has 0 radical (unpaired) electrons. The quantitative estimate of drug-likeness (QED) is 0.269. The first-order chi connectivity index (χ1) is 15.5. The number of rotatable bonds is 2. The van der Waals surface area contributed by atoms with Gasteiger partial charge in [-0.2, -0.15) is 0 Å². The summed E-state index contributed by atoms with van der Waals surface area (Å²) >= 11 is 1.85. The van der Waals surface area contributed by atoms with Gasteiger partial charge in [-0.3, -0.25) is 4.57 Å². The van der Waals surface area contributed by atoms with Gasteiger partial charge in [0, 0.05) is 31.4 Å². The van der Waals surface area contributed by atoms with E-state index in [0.29, 0.717) is 0 Å². The van der Waals surface area contributed by atoms with Crippen LogP contribution in [0, 0.1) is 0 Å². The molecule has 0 aliphatic carbocycles. The van der Waals surface area contributed by atoms with Gasteiger partial charge in [0.1, 0.15) is 5.82 Å². The lowest BCUT2D eigenvalue weighted by atomic mass is 9.87. The number of fused-ring (bicyclic) bond motifs is 4. The van der Waals surface area contributed by atoms with E-state index < -0.39 is 0 Å². The fourth-order valence-corrected chi connectivity index (χ4v) is 5.71. The molecule has 156 valence electrons. The van der Waals surface area contributed by atoms with Crippen LogP contribution in [-0.2, 0) is 5.41 Å². The van der Waals surface area contributed by atoms with Crippen molar-refractivity contribution in [3.05, 3.63) is 96.6 Å². The Balaban J connectivity index is 1.65. The monoisotopic (exact) mass is 432 g/mol. The Labute approximate surface area is 191 Å². The van der Waals surface area contributed by atoms with E-state index >= 15 is 0 Å². The van der Waals surface area contributed by atoms with Gasteiger partial charge >= 0.3 is 0 Å². The zero-order valence-electron chi connectivity index (χ0n) is 18.5. The molecule has 0 bridgehead atoms. The van der Waals surface area contributed by atoms with Gasteiger partial charge in [-0.15, -0.1) is 11.3 Å². The number of hydrogen-bond acceptors (Lipinski definition) is 2. The van der Waals surface area contributed by atoms with Crippen LogP contribution in [0.25, 0.3) is 48.3 Å². The third-order valence-electron chi connectivity index (χ3n) is 6.20. The Morgan fingerprint density at radius 1 is 0.719 bits per heavy atom. The number of aromatic nitrogens is 2. The van der Waals surface area contributed by atoms with Crippen LogP contribution in [0.15, 0.2) is 91.0 Å². The molecular weight excluding hydrogens is 408 g/mol. The number of nitrogens with zero attached hydrogens (tertiary/aromatic N) is 2.